The Kier molecular flexibility index (Phi) is 9.16. The minimum Gasteiger partial charge on any atom is -0.394 e. The van der Waals surface area contributed by atoms with Crippen LogP contribution in [0.5, 0.6) is 0 Å². The number of rotatable bonds is 11. The van der Waals surface area contributed by atoms with Crippen LogP contribution < -0.4 is 16.0 Å². The number of carbonyl (C=O) groups is 2. The lowest BCUT2D eigenvalue weighted by Crippen LogP contribution is -2.35. The van der Waals surface area contributed by atoms with Crippen LogP contribution in [0.1, 0.15) is 34.6 Å². The maximum Gasteiger partial charge on any atom is 0.251 e. The van der Waals surface area contributed by atoms with Crippen LogP contribution in [0, 0.1) is 0 Å². The van der Waals surface area contributed by atoms with Gasteiger partial charge in [-0.15, -0.1) is 0 Å². The smallest absolute Gasteiger partial charge is 0.251 e. The number of ether oxygens (including phenoxy) is 2. The summed E-state index contributed by atoms with van der Waals surface area (Å²) in [7, 11) is 0. The van der Waals surface area contributed by atoms with Crippen LogP contribution in [0.2, 0.25) is 0 Å². The molecule has 1 aliphatic rings. The largest absolute Gasteiger partial charge is 0.394 e. The number of benzene rings is 1. The predicted octanol–water partition coefficient (Wildman–Crippen LogP) is -1.58. The number of hydrogen-bond acceptors (Lipinski definition) is 9. The van der Waals surface area contributed by atoms with Gasteiger partial charge in [0.05, 0.1) is 32.0 Å². The fraction of sp³-hybridized carbons (Fsp3) is 0.600. The van der Waals surface area contributed by atoms with Crippen LogP contribution in [-0.2, 0) is 9.47 Å². The first kappa shape index (κ1) is 25.0. The van der Waals surface area contributed by atoms with Gasteiger partial charge in [-0.05, 0) is 32.0 Å². The Hall–Kier alpha value is -2.28. The lowest BCUT2D eigenvalue weighted by Gasteiger charge is -2.18. The zero-order valence-corrected chi connectivity index (χ0v) is 17.6. The Bertz CT molecular complexity index is 714. The van der Waals surface area contributed by atoms with Crippen molar-refractivity contribution >= 4 is 17.5 Å². The van der Waals surface area contributed by atoms with Gasteiger partial charge in [0.2, 0.25) is 0 Å². The van der Waals surface area contributed by atoms with Crippen molar-refractivity contribution < 1.29 is 39.5 Å². The van der Waals surface area contributed by atoms with E-state index in [9.17, 15) is 19.8 Å². The number of hydrogen-bond donors (Lipinski definition) is 7. The van der Waals surface area contributed by atoms with Gasteiger partial charge in [-0.1, -0.05) is 0 Å². The molecule has 174 valence electrons. The summed E-state index contributed by atoms with van der Waals surface area (Å²) in [5, 5.41) is 44.7. The van der Waals surface area contributed by atoms with Gasteiger partial charge in [0.1, 0.15) is 6.10 Å². The van der Waals surface area contributed by atoms with Gasteiger partial charge >= 0.3 is 0 Å². The molecule has 1 fully saturated rings. The van der Waals surface area contributed by atoms with Gasteiger partial charge in [-0.2, -0.15) is 0 Å². The van der Waals surface area contributed by atoms with E-state index in [0.29, 0.717) is 18.8 Å². The first-order chi connectivity index (χ1) is 14.6. The first-order valence-corrected chi connectivity index (χ1v) is 9.98. The van der Waals surface area contributed by atoms with Crippen molar-refractivity contribution in [2.75, 3.05) is 44.8 Å². The number of carbonyl (C=O) groups excluding carboxylic acids is 2. The molecule has 0 aliphatic carbocycles. The minimum atomic E-state index is -1.10. The number of nitrogens with one attached hydrogen (secondary N) is 3. The van der Waals surface area contributed by atoms with Crippen LogP contribution in [0.25, 0.3) is 0 Å². The van der Waals surface area contributed by atoms with Crippen LogP contribution in [0.4, 0.5) is 5.69 Å². The molecule has 0 spiro atoms. The van der Waals surface area contributed by atoms with E-state index < -0.39 is 43.0 Å². The summed E-state index contributed by atoms with van der Waals surface area (Å²) in [6, 6.07) is 4.45. The van der Waals surface area contributed by atoms with Crippen LogP contribution >= 0.6 is 0 Å². The SMILES string of the molecule is CC1(C)OCC(CNc2cc(C(=O)NCC(O)CO)cc(C(=O)NCC(O)CO)c2)O1. The van der Waals surface area contributed by atoms with Gasteiger partial charge in [-0.25, -0.2) is 0 Å². The molecule has 0 radical (unpaired) electrons. The highest BCUT2D eigenvalue weighted by Crippen LogP contribution is 2.23. The first-order valence-electron chi connectivity index (χ1n) is 9.98. The fourth-order valence-electron chi connectivity index (χ4n) is 2.84. The van der Waals surface area contributed by atoms with Gasteiger partial charge in [0, 0.05) is 36.4 Å². The van der Waals surface area contributed by atoms with Crippen molar-refractivity contribution in [1.29, 1.82) is 0 Å². The molecule has 11 heteroatoms. The predicted molar refractivity (Wildman–Crippen MR) is 111 cm³/mol. The third-order valence-electron chi connectivity index (χ3n) is 4.48. The molecular weight excluding hydrogens is 410 g/mol. The molecule has 2 rings (SSSR count). The third-order valence-corrected chi connectivity index (χ3v) is 4.48. The Morgan fingerprint density at radius 1 is 1.03 bits per heavy atom. The van der Waals surface area contributed by atoms with Crippen molar-refractivity contribution in [1.82, 2.24) is 10.6 Å². The molecule has 11 nitrogen and oxygen atoms in total. The Morgan fingerprint density at radius 3 is 1.97 bits per heavy atom. The Labute approximate surface area is 180 Å². The topological polar surface area (TPSA) is 170 Å². The summed E-state index contributed by atoms with van der Waals surface area (Å²) in [6.45, 7) is 3.09. The molecule has 1 aromatic carbocycles. The lowest BCUT2D eigenvalue weighted by atomic mass is 10.1. The van der Waals surface area contributed by atoms with Crippen molar-refractivity contribution in [3.8, 4) is 0 Å². The van der Waals surface area contributed by atoms with Crippen molar-refractivity contribution in [2.45, 2.75) is 37.9 Å². The summed E-state index contributed by atoms with van der Waals surface area (Å²) >= 11 is 0. The highest BCUT2D eigenvalue weighted by atomic mass is 16.7. The molecule has 0 aromatic heterocycles. The van der Waals surface area contributed by atoms with Crippen molar-refractivity contribution in [3.05, 3.63) is 29.3 Å². The molecule has 0 bridgehead atoms. The molecule has 1 heterocycles. The quantitative estimate of drug-likeness (QED) is 0.214. The standard InChI is InChI=1S/C20H31N3O8/c1-20(2)30-11-17(31-20)8-21-14-4-12(18(28)22-6-15(26)9-24)3-13(5-14)19(29)23-7-16(27)10-25/h3-5,15-17,21,24-27H,6-11H2,1-2H3,(H,22,28)(H,23,29). The zero-order valence-electron chi connectivity index (χ0n) is 17.6. The molecule has 0 saturated carbocycles. The van der Waals surface area contributed by atoms with Crippen molar-refractivity contribution in [3.63, 3.8) is 0 Å². The second kappa shape index (κ2) is 11.4. The van der Waals surface area contributed by atoms with Gasteiger partial charge in [0.15, 0.2) is 5.79 Å². The summed E-state index contributed by atoms with van der Waals surface area (Å²) in [6.07, 6.45) is -2.42. The molecule has 7 N–H and O–H groups in total. The normalized spacial score (nSPS) is 19.5. The Balaban J connectivity index is 2.14. The number of amides is 2. The number of aliphatic hydroxyl groups excluding tert-OH is 4. The van der Waals surface area contributed by atoms with Crippen LogP contribution in [0.3, 0.4) is 0 Å². The average Bonchev–Trinajstić information content (AvgIpc) is 3.11. The van der Waals surface area contributed by atoms with Gasteiger partial charge in [0.25, 0.3) is 11.8 Å². The summed E-state index contributed by atoms with van der Waals surface area (Å²) in [4.78, 5) is 24.9. The van der Waals surface area contributed by atoms with E-state index in [1.807, 2.05) is 13.8 Å². The fourth-order valence-corrected chi connectivity index (χ4v) is 2.84. The molecule has 3 unspecified atom stereocenters. The lowest BCUT2D eigenvalue weighted by molar-refractivity contribution is -0.136. The van der Waals surface area contributed by atoms with E-state index in [1.54, 1.807) is 12.1 Å². The van der Waals surface area contributed by atoms with Crippen LogP contribution in [0.15, 0.2) is 18.2 Å². The monoisotopic (exact) mass is 441 g/mol. The van der Waals surface area contributed by atoms with E-state index in [4.69, 9.17) is 19.7 Å². The molecule has 2 amide bonds. The van der Waals surface area contributed by atoms with E-state index >= 15 is 0 Å². The van der Waals surface area contributed by atoms with E-state index in [-0.39, 0.29) is 30.3 Å². The second-order valence-corrected chi connectivity index (χ2v) is 7.72. The maximum absolute atomic E-state index is 12.5. The number of anilines is 1. The summed E-state index contributed by atoms with van der Waals surface area (Å²) < 4.78 is 11.3. The maximum atomic E-state index is 12.5. The molecule has 1 saturated heterocycles. The zero-order chi connectivity index (χ0) is 23.0. The Morgan fingerprint density at radius 2 is 1.55 bits per heavy atom. The average molecular weight is 441 g/mol. The summed E-state index contributed by atoms with van der Waals surface area (Å²) in [5.74, 6) is -1.76. The summed E-state index contributed by atoms with van der Waals surface area (Å²) in [5.41, 5.74) is 0.801. The molecule has 31 heavy (non-hydrogen) atoms. The molecular formula is C20H31N3O8. The van der Waals surface area contributed by atoms with E-state index in [2.05, 4.69) is 16.0 Å². The molecule has 1 aromatic rings. The van der Waals surface area contributed by atoms with Crippen molar-refractivity contribution in [2.24, 2.45) is 0 Å². The molecule has 3 atom stereocenters. The van der Waals surface area contributed by atoms with Gasteiger partial charge < -0.3 is 45.9 Å². The number of aliphatic hydroxyl groups is 4. The highest BCUT2D eigenvalue weighted by molar-refractivity contribution is 6.01. The van der Waals surface area contributed by atoms with E-state index in [0.717, 1.165) is 0 Å². The highest BCUT2D eigenvalue weighted by Gasteiger charge is 2.32. The third kappa shape index (κ3) is 8.05. The minimum absolute atomic E-state index is 0.153. The molecule has 1 aliphatic heterocycles. The second-order valence-electron chi connectivity index (χ2n) is 7.72. The van der Waals surface area contributed by atoms with Crippen LogP contribution in [-0.4, -0.2) is 95.8 Å². The van der Waals surface area contributed by atoms with E-state index in [1.165, 1.54) is 6.07 Å². The van der Waals surface area contributed by atoms with Gasteiger partial charge in [-0.3, -0.25) is 9.59 Å².